The van der Waals surface area contributed by atoms with Crippen molar-refractivity contribution in [3.63, 3.8) is 0 Å². The molecule has 26 heavy (non-hydrogen) atoms. The molecule has 0 aromatic heterocycles. The van der Waals surface area contributed by atoms with Crippen LogP contribution in [0, 0.1) is 11.8 Å². The molecule has 4 heteroatoms. The molecular formula is C22H26Cl2O2. The van der Waals surface area contributed by atoms with E-state index in [1.54, 1.807) is 6.07 Å². The van der Waals surface area contributed by atoms with Crippen LogP contribution in [0.1, 0.15) is 39.2 Å². The number of carbonyl (C=O) groups is 1. The van der Waals surface area contributed by atoms with E-state index in [0.29, 0.717) is 22.6 Å². The molecule has 0 radical (unpaired) electrons. The molecule has 0 aliphatic heterocycles. The van der Waals surface area contributed by atoms with Crippen molar-refractivity contribution in [2.24, 2.45) is 11.8 Å². The summed E-state index contributed by atoms with van der Waals surface area (Å²) in [6.45, 7) is 6.42. The van der Waals surface area contributed by atoms with Crippen LogP contribution in [0.15, 0.2) is 42.5 Å². The molecule has 0 spiro atoms. The molecule has 2 aromatic carbocycles. The van der Waals surface area contributed by atoms with Crippen molar-refractivity contribution in [3.8, 4) is 11.1 Å². The number of benzene rings is 2. The van der Waals surface area contributed by atoms with Crippen molar-refractivity contribution in [1.29, 1.82) is 0 Å². The van der Waals surface area contributed by atoms with Gasteiger partial charge in [-0.1, -0.05) is 61.3 Å². The minimum Gasteiger partial charge on any atom is -0.466 e. The van der Waals surface area contributed by atoms with Gasteiger partial charge in [0, 0.05) is 15.6 Å². The Kier molecular flexibility index (Phi) is 7.99. The Hall–Kier alpha value is -1.51. The lowest BCUT2D eigenvalue weighted by atomic mass is 9.91. The van der Waals surface area contributed by atoms with Crippen LogP contribution < -0.4 is 0 Å². The van der Waals surface area contributed by atoms with Gasteiger partial charge in [0.2, 0.25) is 0 Å². The first-order valence-electron chi connectivity index (χ1n) is 9.11. The summed E-state index contributed by atoms with van der Waals surface area (Å²) in [4.78, 5) is 11.7. The van der Waals surface area contributed by atoms with Crippen LogP contribution in [0.5, 0.6) is 0 Å². The number of hydrogen-bond acceptors (Lipinski definition) is 2. The van der Waals surface area contributed by atoms with Gasteiger partial charge in [0.25, 0.3) is 0 Å². The Bertz CT molecular complexity index is 725. The highest BCUT2D eigenvalue weighted by Crippen LogP contribution is 2.31. The zero-order chi connectivity index (χ0) is 19.1. The highest BCUT2D eigenvalue weighted by atomic mass is 35.5. The van der Waals surface area contributed by atoms with Gasteiger partial charge in [-0.05, 0) is 61.4 Å². The van der Waals surface area contributed by atoms with Crippen molar-refractivity contribution in [2.45, 2.75) is 40.0 Å². The zero-order valence-electron chi connectivity index (χ0n) is 15.6. The molecule has 0 amide bonds. The number of aryl methyl sites for hydroxylation is 1. The van der Waals surface area contributed by atoms with Crippen LogP contribution in [0.4, 0.5) is 0 Å². The first-order chi connectivity index (χ1) is 12.4. The molecule has 0 saturated carbocycles. The maximum Gasteiger partial charge on any atom is 0.308 e. The topological polar surface area (TPSA) is 26.3 Å². The second-order valence-corrected chi connectivity index (χ2v) is 7.70. The highest BCUT2D eigenvalue weighted by Gasteiger charge is 2.17. The molecule has 2 aromatic rings. The molecule has 0 saturated heterocycles. The third-order valence-corrected chi connectivity index (χ3v) is 5.13. The van der Waals surface area contributed by atoms with Gasteiger partial charge >= 0.3 is 5.97 Å². The molecule has 0 bridgehead atoms. The standard InChI is InChI=1S/C22H26Cl2O2/c1-4-26-22(25)16(3)13-15(2)5-6-17-7-9-18(10-8-17)20-14-19(23)11-12-21(20)24/h7-12,14-16H,4-6,13H2,1-3H3. The molecule has 2 nitrogen and oxygen atoms in total. The van der Waals surface area contributed by atoms with Gasteiger partial charge in [-0.2, -0.15) is 0 Å². The van der Waals surface area contributed by atoms with Crippen LogP contribution in [-0.2, 0) is 16.0 Å². The van der Waals surface area contributed by atoms with Gasteiger partial charge in [0.05, 0.1) is 12.5 Å². The minimum atomic E-state index is -0.0953. The van der Waals surface area contributed by atoms with Gasteiger partial charge in [-0.15, -0.1) is 0 Å². The van der Waals surface area contributed by atoms with E-state index in [2.05, 4.69) is 31.2 Å². The second kappa shape index (κ2) is 9.99. The largest absolute Gasteiger partial charge is 0.466 e. The maximum absolute atomic E-state index is 11.7. The van der Waals surface area contributed by atoms with Crippen molar-refractivity contribution in [2.75, 3.05) is 6.61 Å². The van der Waals surface area contributed by atoms with Crippen LogP contribution in [0.25, 0.3) is 11.1 Å². The number of rotatable bonds is 8. The zero-order valence-corrected chi connectivity index (χ0v) is 17.1. The lowest BCUT2D eigenvalue weighted by Crippen LogP contribution is -2.17. The SMILES string of the molecule is CCOC(=O)C(C)CC(C)CCc1ccc(-c2cc(Cl)ccc2Cl)cc1. The molecule has 2 rings (SSSR count). The summed E-state index contributed by atoms with van der Waals surface area (Å²) >= 11 is 12.3. The number of halogens is 2. The fraction of sp³-hybridized carbons (Fsp3) is 0.409. The van der Waals surface area contributed by atoms with E-state index in [-0.39, 0.29) is 11.9 Å². The van der Waals surface area contributed by atoms with E-state index in [9.17, 15) is 4.79 Å². The summed E-state index contributed by atoms with van der Waals surface area (Å²) in [6, 6.07) is 13.9. The summed E-state index contributed by atoms with van der Waals surface area (Å²) in [7, 11) is 0. The van der Waals surface area contributed by atoms with Crippen LogP contribution in [0.2, 0.25) is 10.0 Å². The maximum atomic E-state index is 11.7. The molecule has 0 aliphatic rings. The second-order valence-electron chi connectivity index (χ2n) is 6.85. The highest BCUT2D eigenvalue weighted by molar-refractivity contribution is 6.35. The summed E-state index contributed by atoms with van der Waals surface area (Å²) in [6.07, 6.45) is 2.89. The van der Waals surface area contributed by atoms with E-state index < -0.39 is 0 Å². The fourth-order valence-electron chi connectivity index (χ4n) is 3.08. The van der Waals surface area contributed by atoms with Crippen LogP contribution >= 0.6 is 23.2 Å². The molecular weight excluding hydrogens is 367 g/mol. The van der Waals surface area contributed by atoms with E-state index in [0.717, 1.165) is 30.4 Å². The molecule has 0 aliphatic carbocycles. The number of ether oxygens (including phenoxy) is 1. The van der Waals surface area contributed by atoms with E-state index in [1.165, 1.54) is 5.56 Å². The molecule has 0 fully saturated rings. The quantitative estimate of drug-likeness (QED) is 0.460. The molecule has 2 unspecified atom stereocenters. The fourth-order valence-corrected chi connectivity index (χ4v) is 3.48. The monoisotopic (exact) mass is 392 g/mol. The average molecular weight is 393 g/mol. The van der Waals surface area contributed by atoms with E-state index in [1.807, 2.05) is 26.0 Å². The summed E-state index contributed by atoms with van der Waals surface area (Å²) < 4.78 is 5.08. The third kappa shape index (κ3) is 6.03. The first-order valence-corrected chi connectivity index (χ1v) is 9.87. The predicted octanol–water partition coefficient (Wildman–Crippen LogP) is 6.82. The summed E-state index contributed by atoms with van der Waals surface area (Å²) in [5.74, 6) is 0.329. The first kappa shape index (κ1) is 20.8. The Balaban J connectivity index is 1.91. The van der Waals surface area contributed by atoms with Crippen molar-refractivity contribution in [3.05, 3.63) is 58.1 Å². The lowest BCUT2D eigenvalue weighted by molar-refractivity contribution is -0.147. The minimum absolute atomic E-state index is 0.0442. The molecule has 140 valence electrons. The van der Waals surface area contributed by atoms with Gasteiger partial charge in [0.1, 0.15) is 0 Å². The van der Waals surface area contributed by atoms with E-state index in [4.69, 9.17) is 27.9 Å². The van der Waals surface area contributed by atoms with Crippen molar-refractivity contribution in [1.82, 2.24) is 0 Å². The molecule has 2 atom stereocenters. The Morgan fingerprint density at radius 1 is 1.08 bits per heavy atom. The smallest absolute Gasteiger partial charge is 0.308 e. The predicted molar refractivity (Wildman–Crippen MR) is 110 cm³/mol. The number of hydrogen-bond donors (Lipinski definition) is 0. The van der Waals surface area contributed by atoms with Gasteiger partial charge in [-0.25, -0.2) is 0 Å². The van der Waals surface area contributed by atoms with Gasteiger partial charge < -0.3 is 4.74 Å². The van der Waals surface area contributed by atoms with Gasteiger partial charge in [-0.3, -0.25) is 4.79 Å². The molecule has 0 heterocycles. The summed E-state index contributed by atoms with van der Waals surface area (Å²) in [5, 5.41) is 1.38. The molecule has 0 N–H and O–H groups in total. The summed E-state index contributed by atoms with van der Waals surface area (Å²) in [5.41, 5.74) is 3.29. The third-order valence-electron chi connectivity index (χ3n) is 4.56. The van der Waals surface area contributed by atoms with Gasteiger partial charge in [0.15, 0.2) is 0 Å². The van der Waals surface area contributed by atoms with E-state index >= 15 is 0 Å². The van der Waals surface area contributed by atoms with Crippen molar-refractivity contribution < 1.29 is 9.53 Å². The number of carbonyl (C=O) groups excluding carboxylic acids is 1. The Morgan fingerprint density at radius 2 is 1.77 bits per heavy atom. The van der Waals surface area contributed by atoms with Crippen LogP contribution in [0.3, 0.4) is 0 Å². The normalized spacial score (nSPS) is 13.3. The Labute approximate surface area is 166 Å². The Morgan fingerprint density at radius 3 is 2.42 bits per heavy atom. The lowest BCUT2D eigenvalue weighted by Gasteiger charge is -2.16. The van der Waals surface area contributed by atoms with Crippen LogP contribution in [-0.4, -0.2) is 12.6 Å². The van der Waals surface area contributed by atoms with Crippen molar-refractivity contribution >= 4 is 29.2 Å². The average Bonchev–Trinajstić information content (AvgIpc) is 2.62. The number of esters is 1.